The molecule has 2 unspecified atom stereocenters. The van der Waals surface area contributed by atoms with E-state index in [4.69, 9.17) is 10.8 Å². The van der Waals surface area contributed by atoms with Crippen molar-refractivity contribution in [3.8, 4) is 0 Å². The third-order valence-corrected chi connectivity index (χ3v) is 4.56. The van der Waals surface area contributed by atoms with Gasteiger partial charge < -0.3 is 15.7 Å². The van der Waals surface area contributed by atoms with E-state index in [1.807, 2.05) is 0 Å². The molecule has 1 aliphatic rings. The van der Waals surface area contributed by atoms with E-state index in [9.17, 15) is 13.2 Å². The van der Waals surface area contributed by atoms with Crippen LogP contribution in [-0.2, 0) is 14.6 Å². The quantitative estimate of drug-likeness (QED) is 0.645. The van der Waals surface area contributed by atoms with Crippen molar-refractivity contribution in [1.82, 2.24) is 4.90 Å². The number of nitrogens with two attached hydrogens (primary N) is 1. The lowest BCUT2D eigenvalue weighted by molar-refractivity contribution is -0.133. The van der Waals surface area contributed by atoms with E-state index in [0.717, 1.165) is 0 Å². The highest BCUT2D eigenvalue weighted by atomic mass is 32.2. The largest absolute Gasteiger partial charge is 0.395 e. The van der Waals surface area contributed by atoms with E-state index in [2.05, 4.69) is 0 Å². The van der Waals surface area contributed by atoms with Crippen molar-refractivity contribution in [3.05, 3.63) is 0 Å². The number of rotatable bonds is 5. The maximum Gasteiger partial charge on any atom is 0.224 e. The molecule has 1 amide bonds. The Hall–Kier alpha value is -0.660. The van der Waals surface area contributed by atoms with Gasteiger partial charge in [-0.15, -0.1) is 0 Å². The van der Waals surface area contributed by atoms with E-state index in [0.29, 0.717) is 6.42 Å². The van der Waals surface area contributed by atoms with Gasteiger partial charge in [0.25, 0.3) is 0 Å². The molecule has 1 heterocycles. The second kappa shape index (κ2) is 5.79. The molecule has 6 nitrogen and oxygen atoms in total. The summed E-state index contributed by atoms with van der Waals surface area (Å²) in [7, 11) is -3.03. The molecule has 1 rings (SSSR count). The summed E-state index contributed by atoms with van der Waals surface area (Å²) in [6, 6.07) is -0.569. The Morgan fingerprint density at radius 2 is 2.24 bits per heavy atom. The first-order valence-corrected chi connectivity index (χ1v) is 7.54. The minimum atomic E-state index is -3.03. The smallest absolute Gasteiger partial charge is 0.224 e. The Balaban J connectivity index is 2.69. The first kappa shape index (κ1) is 14.4. The minimum absolute atomic E-state index is 0.00229. The third-order valence-electron chi connectivity index (χ3n) is 2.81. The van der Waals surface area contributed by atoms with Crippen LogP contribution in [0.5, 0.6) is 0 Å². The van der Waals surface area contributed by atoms with E-state index in [1.54, 1.807) is 6.92 Å². The summed E-state index contributed by atoms with van der Waals surface area (Å²) in [5.74, 6) is -0.0703. The number of aliphatic hydroxyl groups excluding tert-OH is 1. The van der Waals surface area contributed by atoms with Crippen LogP contribution in [-0.4, -0.2) is 61.1 Å². The molecule has 100 valence electrons. The highest BCUT2D eigenvalue weighted by Crippen LogP contribution is 2.18. The van der Waals surface area contributed by atoms with E-state index < -0.39 is 9.84 Å². The zero-order valence-electron chi connectivity index (χ0n) is 10.0. The highest BCUT2D eigenvalue weighted by molar-refractivity contribution is 7.91. The SMILES string of the molecule is CC(N)CC(=O)N(CCO)C1CCS(=O)(=O)C1. The van der Waals surface area contributed by atoms with Gasteiger partial charge >= 0.3 is 0 Å². The zero-order chi connectivity index (χ0) is 13.1. The van der Waals surface area contributed by atoms with Crippen LogP contribution in [0, 0.1) is 0 Å². The second-order valence-corrected chi connectivity index (χ2v) is 6.78. The summed E-state index contributed by atoms with van der Waals surface area (Å²) in [5, 5.41) is 8.94. The number of hydrogen-bond donors (Lipinski definition) is 2. The molecule has 17 heavy (non-hydrogen) atoms. The van der Waals surface area contributed by atoms with Crippen molar-refractivity contribution in [2.24, 2.45) is 5.73 Å². The molecule has 1 aliphatic heterocycles. The van der Waals surface area contributed by atoms with Gasteiger partial charge in [-0.3, -0.25) is 4.79 Å². The predicted molar refractivity (Wildman–Crippen MR) is 64.1 cm³/mol. The topological polar surface area (TPSA) is 101 Å². The van der Waals surface area contributed by atoms with Crippen molar-refractivity contribution in [1.29, 1.82) is 0 Å². The molecule has 1 saturated heterocycles. The van der Waals surface area contributed by atoms with Crippen LogP contribution in [0.3, 0.4) is 0 Å². The summed E-state index contributed by atoms with van der Waals surface area (Å²) in [6.07, 6.45) is 0.629. The molecular weight excluding hydrogens is 244 g/mol. The fourth-order valence-electron chi connectivity index (χ4n) is 2.03. The van der Waals surface area contributed by atoms with E-state index in [-0.39, 0.29) is 49.1 Å². The lowest BCUT2D eigenvalue weighted by atomic mass is 10.1. The fourth-order valence-corrected chi connectivity index (χ4v) is 3.76. The van der Waals surface area contributed by atoms with Crippen LogP contribution in [0.25, 0.3) is 0 Å². The van der Waals surface area contributed by atoms with Gasteiger partial charge in [0.15, 0.2) is 9.84 Å². The molecule has 7 heteroatoms. The summed E-state index contributed by atoms with van der Waals surface area (Å²) in [6.45, 7) is 1.73. The second-order valence-electron chi connectivity index (χ2n) is 4.55. The van der Waals surface area contributed by atoms with Crippen LogP contribution in [0.4, 0.5) is 0 Å². The van der Waals surface area contributed by atoms with Crippen molar-refractivity contribution in [2.75, 3.05) is 24.7 Å². The molecule has 0 aliphatic carbocycles. The average molecular weight is 264 g/mol. The number of amides is 1. The number of sulfone groups is 1. The summed E-state index contributed by atoms with van der Waals surface area (Å²) >= 11 is 0. The molecule has 1 fully saturated rings. The molecular formula is C10H20N2O4S. The predicted octanol–water partition coefficient (Wildman–Crippen LogP) is -1.27. The van der Waals surface area contributed by atoms with Crippen molar-refractivity contribution in [3.63, 3.8) is 0 Å². The van der Waals surface area contributed by atoms with Crippen molar-refractivity contribution in [2.45, 2.75) is 31.8 Å². The molecule has 3 N–H and O–H groups in total. The lowest BCUT2D eigenvalue weighted by Crippen LogP contribution is -2.44. The maximum absolute atomic E-state index is 11.9. The van der Waals surface area contributed by atoms with Gasteiger partial charge in [-0.25, -0.2) is 8.42 Å². The maximum atomic E-state index is 11.9. The van der Waals surface area contributed by atoms with Crippen molar-refractivity contribution >= 4 is 15.7 Å². The first-order valence-electron chi connectivity index (χ1n) is 5.72. The van der Waals surface area contributed by atoms with Crippen molar-refractivity contribution < 1.29 is 18.3 Å². The van der Waals surface area contributed by atoms with Crippen LogP contribution in [0.1, 0.15) is 19.8 Å². The summed E-state index contributed by atoms with van der Waals surface area (Å²) in [4.78, 5) is 13.3. The lowest BCUT2D eigenvalue weighted by Gasteiger charge is -2.28. The molecule has 0 aromatic carbocycles. The average Bonchev–Trinajstić information content (AvgIpc) is 2.53. The summed E-state index contributed by atoms with van der Waals surface area (Å²) in [5.41, 5.74) is 5.55. The van der Waals surface area contributed by atoms with Crippen LogP contribution in [0.2, 0.25) is 0 Å². The number of hydrogen-bond acceptors (Lipinski definition) is 5. The number of aliphatic hydroxyl groups is 1. The molecule has 0 aromatic rings. The van der Waals surface area contributed by atoms with Gasteiger partial charge in [-0.1, -0.05) is 0 Å². The molecule has 2 atom stereocenters. The monoisotopic (exact) mass is 264 g/mol. The molecule has 0 bridgehead atoms. The Morgan fingerprint density at radius 3 is 2.65 bits per heavy atom. The first-order chi connectivity index (χ1) is 7.85. The van der Waals surface area contributed by atoms with Gasteiger partial charge in [0.05, 0.1) is 18.1 Å². The van der Waals surface area contributed by atoms with Gasteiger partial charge in [-0.05, 0) is 13.3 Å². The Labute approximate surface area is 102 Å². The summed E-state index contributed by atoms with van der Waals surface area (Å²) < 4.78 is 22.7. The fraction of sp³-hybridized carbons (Fsp3) is 0.900. The van der Waals surface area contributed by atoms with Crippen LogP contribution in [0.15, 0.2) is 0 Å². The molecule has 0 spiro atoms. The zero-order valence-corrected chi connectivity index (χ0v) is 10.8. The highest BCUT2D eigenvalue weighted by Gasteiger charge is 2.34. The van der Waals surface area contributed by atoms with Gasteiger partial charge in [0.2, 0.25) is 5.91 Å². The Bertz CT molecular complexity index is 367. The van der Waals surface area contributed by atoms with Gasteiger partial charge in [-0.2, -0.15) is 0 Å². The Morgan fingerprint density at radius 1 is 1.59 bits per heavy atom. The Kier molecular flexibility index (Phi) is 4.91. The van der Waals surface area contributed by atoms with E-state index in [1.165, 1.54) is 4.90 Å². The van der Waals surface area contributed by atoms with Crippen LogP contribution >= 0.6 is 0 Å². The molecule has 0 aromatic heterocycles. The van der Waals surface area contributed by atoms with Crippen LogP contribution < -0.4 is 5.73 Å². The standard InChI is InChI=1S/C10H20N2O4S/c1-8(11)6-10(14)12(3-4-13)9-2-5-17(15,16)7-9/h8-9,13H,2-7,11H2,1H3. The number of nitrogens with zero attached hydrogens (tertiary/aromatic N) is 1. The third kappa shape index (κ3) is 4.25. The minimum Gasteiger partial charge on any atom is -0.395 e. The molecule has 0 radical (unpaired) electrons. The van der Waals surface area contributed by atoms with E-state index >= 15 is 0 Å². The molecule has 0 saturated carbocycles. The normalized spacial score (nSPS) is 24.5. The number of carbonyl (C=O) groups is 1. The number of carbonyl (C=O) groups excluding carboxylic acids is 1. The van der Waals surface area contributed by atoms with Gasteiger partial charge in [0.1, 0.15) is 0 Å². The van der Waals surface area contributed by atoms with Gasteiger partial charge in [0, 0.05) is 25.0 Å².